The molecular weight excluding hydrogens is 240 g/mol. The Labute approximate surface area is 92.5 Å². The highest BCUT2D eigenvalue weighted by Gasteiger charge is 2.46. The van der Waals surface area contributed by atoms with Gasteiger partial charge in [0, 0.05) is 0 Å². The largest absolute Gasteiger partial charge is 0.458 e. The van der Waals surface area contributed by atoms with Crippen molar-refractivity contribution in [1.29, 1.82) is 0 Å². The number of cyclic esters (lactones) is 1. The van der Waals surface area contributed by atoms with E-state index in [0.29, 0.717) is 0 Å². The molecule has 1 aliphatic heterocycles. The summed E-state index contributed by atoms with van der Waals surface area (Å²) in [6.07, 6.45) is -0.781. The lowest BCUT2D eigenvalue weighted by atomic mass is 9.99. The van der Waals surface area contributed by atoms with Crippen molar-refractivity contribution in [2.75, 3.05) is 5.75 Å². The van der Waals surface area contributed by atoms with Crippen LogP contribution in [0.3, 0.4) is 0 Å². The average Bonchev–Trinajstić information content (AvgIpc) is 2.19. The standard InChI is InChI=1S/C8H12O7S/c1-5-8(2,3-6(9)14-5)15-7(10)4-16(11,12)13/h5H,3-4H2,1-2H3,(H,11,12,13)/t5-,8?/m0/s1. The van der Waals surface area contributed by atoms with E-state index in [9.17, 15) is 18.0 Å². The summed E-state index contributed by atoms with van der Waals surface area (Å²) in [7, 11) is -4.42. The number of esters is 2. The maximum absolute atomic E-state index is 11.1. The Kier molecular flexibility index (Phi) is 3.25. The molecule has 0 aromatic heterocycles. The molecule has 7 nitrogen and oxygen atoms in total. The number of carbonyl (C=O) groups excluding carboxylic acids is 2. The van der Waals surface area contributed by atoms with E-state index in [1.807, 2.05) is 0 Å². The van der Waals surface area contributed by atoms with Crippen molar-refractivity contribution in [1.82, 2.24) is 0 Å². The second-order valence-corrected chi connectivity index (χ2v) is 5.27. The molecule has 1 fully saturated rings. The third-order valence-electron chi connectivity index (χ3n) is 2.31. The molecule has 92 valence electrons. The number of hydrogen-bond donors (Lipinski definition) is 1. The lowest BCUT2D eigenvalue weighted by Gasteiger charge is -2.25. The van der Waals surface area contributed by atoms with Gasteiger partial charge in [-0.3, -0.25) is 14.1 Å². The first-order chi connectivity index (χ1) is 7.12. The van der Waals surface area contributed by atoms with Gasteiger partial charge in [-0.25, -0.2) is 0 Å². The van der Waals surface area contributed by atoms with E-state index < -0.39 is 39.5 Å². The van der Waals surface area contributed by atoms with Gasteiger partial charge in [0.15, 0.2) is 11.4 Å². The van der Waals surface area contributed by atoms with E-state index >= 15 is 0 Å². The van der Waals surface area contributed by atoms with Crippen molar-refractivity contribution >= 4 is 22.1 Å². The Balaban J connectivity index is 2.67. The highest BCUT2D eigenvalue weighted by Crippen LogP contribution is 2.30. The lowest BCUT2D eigenvalue weighted by molar-refractivity contribution is -0.160. The maximum atomic E-state index is 11.1. The monoisotopic (exact) mass is 252 g/mol. The SMILES string of the molecule is C[C@@H]1OC(=O)CC1(C)OC(=O)CS(=O)(=O)O. The quantitative estimate of drug-likeness (QED) is 0.533. The third-order valence-corrected chi connectivity index (χ3v) is 2.91. The molecule has 0 spiro atoms. The van der Waals surface area contributed by atoms with Gasteiger partial charge in [-0.05, 0) is 13.8 Å². The first kappa shape index (κ1) is 12.9. The third kappa shape index (κ3) is 3.17. The fraction of sp³-hybridized carbons (Fsp3) is 0.750. The highest BCUT2D eigenvalue weighted by molar-refractivity contribution is 7.86. The van der Waals surface area contributed by atoms with Crippen LogP contribution in [-0.4, -0.2) is 42.4 Å². The van der Waals surface area contributed by atoms with E-state index in [-0.39, 0.29) is 6.42 Å². The van der Waals surface area contributed by atoms with Gasteiger partial charge >= 0.3 is 11.9 Å². The Hall–Kier alpha value is -1.15. The average molecular weight is 252 g/mol. The molecule has 0 aromatic carbocycles. The van der Waals surface area contributed by atoms with Crippen LogP contribution in [0, 0.1) is 0 Å². The Bertz CT molecular complexity index is 412. The summed E-state index contributed by atoms with van der Waals surface area (Å²) in [5.41, 5.74) is -1.18. The van der Waals surface area contributed by atoms with E-state index in [1.165, 1.54) is 13.8 Å². The molecule has 0 aromatic rings. The van der Waals surface area contributed by atoms with Crippen LogP contribution in [0.5, 0.6) is 0 Å². The summed E-state index contributed by atoms with van der Waals surface area (Å²) in [4.78, 5) is 22.1. The molecule has 1 aliphatic rings. The summed E-state index contributed by atoms with van der Waals surface area (Å²) >= 11 is 0. The van der Waals surface area contributed by atoms with Gasteiger partial charge in [-0.1, -0.05) is 0 Å². The second kappa shape index (κ2) is 4.02. The van der Waals surface area contributed by atoms with E-state index in [1.54, 1.807) is 0 Å². The van der Waals surface area contributed by atoms with Crippen molar-refractivity contribution in [2.45, 2.75) is 32.0 Å². The first-order valence-corrected chi connectivity index (χ1v) is 6.10. The van der Waals surface area contributed by atoms with E-state index in [4.69, 9.17) is 14.0 Å². The molecule has 8 heteroatoms. The van der Waals surface area contributed by atoms with Gasteiger partial charge in [0.25, 0.3) is 10.1 Å². The molecule has 0 amide bonds. The Morgan fingerprint density at radius 3 is 2.62 bits per heavy atom. The van der Waals surface area contributed by atoms with Crippen LogP contribution in [0.2, 0.25) is 0 Å². The van der Waals surface area contributed by atoms with Crippen molar-refractivity contribution in [2.24, 2.45) is 0 Å². The molecule has 0 saturated carbocycles. The van der Waals surface area contributed by atoms with Gasteiger partial charge in [0.05, 0.1) is 6.42 Å². The lowest BCUT2D eigenvalue weighted by Crippen LogP contribution is -2.39. The molecule has 1 rings (SSSR count). The molecular formula is C8H12O7S. The van der Waals surface area contributed by atoms with Crippen LogP contribution < -0.4 is 0 Å². The summed E-state index contributed by atoms with van der Waals surface area (Å²) in [5, 5.41) is 0. The minimum atomic E-state index is -4.42. The number of ether oxygens (including phenoxy) is 2. The molecule has 1 N–H and O–H groups in total. The first-order valence-electron chi connectivity index (χ1n) is 4.49. The zero-order valence-corrected chi connectivity index (χ0v) is 9.61. The van der Waals surface area contributed by atoms with Crippen molar-refractivity contribution in [3.8, 4) is 0 Å². The molecule has 1 heterocycles. The zero-order chi connectivity index (χ0) is 12.6. The minimum Gasteiger partial charge on any atom is -0.458 e. The topological polar surface area (TPSA) is 107 Å². The molecule has 0 aliphatic carbocycles. The molecule has 1 unspecified atom stereocenters. The van der Waals surface area contributed by atoms with Crippen LogP contribution >= 0.6 is 0 Å². The van der Waals surface area contributed by atoms with Crippen LogP contribution in [0.4, 0.5) is 0 Å². The van der Waals surface area contributed by atoms with Gasteiger partial charge in [-0.2, -0.15) is 8.42 Å². The number of carbonyl (C=O) groups is 2. The molecule has 1 saturated heterocycles. The fourth-order valence-corrected chi connectivity index (χ4v) is 1.71. The fourth-order valence-electron chi connectivity index (χ4n) is 1.35. The van der Waals surface area contributed by atoms with Gasteiger partial charge in [0.1, 0.15) is 6.10 Å². The predicted molar refractivity (Wildman–Crippen MR) is 51.1 cm³/mol. The number of hydrogen-bond acceptors (Lipinski definition) is 6. The highest BCUT2D eigenvalue weighted by atomic mass is 32.2. The summed E-state index contributed by atoms with van der Waals surface area (Å²) in [6, 6.07) is 0. The van der Waals surface area contributed by atoms with E-state index in [0.717, 1.165) is 0 Å². The van der Waals surface area contributed by atoms with Crippen molar-refractivity contribution in [3.63, 3.8) is 0 Å². The minimum absolute atomic E-state index is 0.134. The zero-order valence-electron chi connectivity index (χ0n) is 8.80. The normalized spacial score (nSPS) is 29.9. The smallest absolute Gasteiger partial charge is 0.324 e. The van der Waals surface area contributed by atoms with Crippen LogP contribution in [0.25, 0.3) is 0 Å². The summed E-state index contributed by atoms with van der Waals surface area (Å²) in [5.74, 6) is -2.77. The predicted octanol–water partition coefficient (Wildman–Crippen LogP) is -0.488. The second-order valence-electron chi connectivity index (χ2n) is 3.82. The Morgan fingerprint density at radius 1 is 1.69 bits per heavy atom. The molecule has 16 heavy (non-hydrogen) atoms. The molecule has 0 bridgehead atoms. The summed E-state index contributed by atoms with van der Waals surface area (Å²) < 4.78 is 38.9. The van der Waals surface area contributed by atoms with E-state index in [2.05, 4.69) is 0 Å². The molecule has 2 atom stereocenters. The summed E-state index contributed by atoms with van der Waals surface area (Å²) in [6.45, 7) is 3.00. The van der Waals surface area contributed by atoms with Gasteiger partial charge < -0.3 is 9.47 Å². The molecule has 0 radical (unpaired) electrons. The van der Waals surface area contributed by atoms with Crippen LogP contribution in [0.15, 0.2) is 0 Å². The Morgan fingerprint density at radius 2 is 2.25 bits per heavy atom. The maximum Gasteiger partial charge on any atom is 0.324 e. The van der Waals surface area contributed by atoms with Gasteiger partial charge in [-0.15, -0.1) is 0 Å². The van der Waals surface area contributed by atoms with Crippen LogP contribution in [-0.2, 0) is 29.2 Å². The van der Waals surface area contributed by atoms with Crippen LogP contribution in [0.1, 0.15) is 20.3 Å². The van der Waals surface area contributed by atoms with Crippen molar-refractivity contribution in [3.05, 3.63) is 0 Å². The van der Waals surface area contributed by atoms with Gasteiger partial charge in [0.2, 0.25) is 0 Å². The number of rotatable bonds is 3. The van der Waals surface area contributed by atoms with Crippen molar-refractivity contribution < 1.29 is 32.0 Å².